The lowest BCUT2D eigenvalue weighted by Crippen LogP contribution is -2.27. The fourth-order valence-electron chi connectivity index (χ4n) is 0.767. The van der Waals surface area contributed by atoms with Crippen molar-refractivity contribution >= 4 is 22.1 Å². The third-order valence-electron chi connectivity index (χ3n) is 1.41. The van der Waals surface area contributed by atoms with Crippen molar-refractivity contribution in [3.8, 4) is 0 Å². The van der Waals surface area contributed by atoms with E-state index in [-0.39, 0.29) is 0 Å². The van der Waals surface area contributed by atoms with Gasteiger partial charge in [0.05, 0.1) is 4.48 Å². The summed E-state index contributed by atoms with van der Waals surface area (Å²) in [6.45, 7) is 5.09. The molecule has 56 valence electrons. The lowest BCUT2D eigenvalue weighted by molar-refractivity contribution is 0.318. The Bertz CT molecular complexity index is 172. The molecule has 0 aromatic rings. The van der Waals surface area contributed by atoms with E-state index in [1.54, 1.807) is 0 Å². The lowest BCUT2D eigenvalue weighted by atomic mass is 10.3. The molecule has 0 aromatic carbocycles. The van der Waals surface area contributed by atoms with Gasteiger partial charge in [-0.2, -0.15) is 0 Å². The number of halogens is 1. The summed E-state index contributed by atoms with van der Waals surface area (Å²) in [5.74, 6) is 0. The van der Waals surface area contributed by atoms with Crippen LogP contribution in [-0.2, 0) is 0 Å². The number of allylic oxidation sites excluding steroid dienone is 1. The molecule has 1 aliphatic heterocycles. The van der Waals surface area contributed by atoms with Gasteiger partial charge in [-0.05, 0) is 29.8 Å². The fourth-order valence-corrected chi connectivity index (χ4v) is 1.18. The average molecular weight is 203 g/mol. The van der Waals surface area contributed by atoms with Gasteiger partial charge in [0, 0.05) is 18.5 Å². The highest BCUT2D eigenvalue weighted by molar-refractivity contribution is 9.12. The van der Waals surface area contributed by atoms with Gasteiger partial charge in [0.1, 0.15) is 6.67 Å². The molecule has 0 fully saturated rings. The average Bonchev–Trinajstić information content (AvgIpc) is 1.88. The van der Waals surface area contributed by atoms with Gasteiger partial charge in [0.25, 0.3) is 0 Å². The standard InChI is InChI=1S/C7H11BrN2/c1-6(2)10-4-7(8)3-9-5-10/h3-4,6H,5H2,1-2H3. The molecule has 0 aromatic heterocycles. The van der Waals surface area contributed by atoms with E-state index < -0.39 is 0 Å². The first-order valence-corrected chi connectivity index (χ1v) is 4.12. The van der Waals surface area contributed by atoms with E-state index in [1.165, 1.54) is 0 Å². The highest BCUT2D eigenvalue weighted by atomic mass is 79.9. The molecule has 0 saturated heterocycles. The highest BCUT2D eigenvalue weighted by Crippen LogP contribution is 2.11. The summed E-state index contributed by atoms with van der Waals surface area (Å²) in [5.41, 5.74) is 0. The molecule has 0 aliphatic carbocycles. The first kappa shape index (κ1) is 7.79. The van der Waals surface area contributed by atoms with Crippen molar-refractivity contribution in [2.45, 2.75) is 19.9 Å². The molecule has 0 radical (unpaired) electrons. The SMILES string of the molecule is CC(C)N1C=C(Br)C=NC1. The predicted molar refractivity (Wildman–Crippen MR) is 47.3 cm³/mol. The van der Waals surface area contributed by atoms with Gasteiger partial charge < -0.3 is 4.90 Å². The van der Waals surface area contributed by atoms with Crippen molar-refractivity contribution in [2.24, 2.45) is 4.99 Å². The van der Waals surface area contributed by atoms with E-state index in [0.717, 1.165) is 11.2 Å². The Morgan fingerprint density at radius 2 is 2.40 bits per heavy atom. The van der Waals surface area contributed by atoms with Crippen LogP contribution in [0.2, 0.25) is 0 Å². The van der Waals surface area contributed by atoms with Crippen molar-refractivity contribution in [3.05, 3.63) is 10.7 Å². The Morgan fingerprint density at radius 3 is 2.80 bits per heavy atom. The van der Waals surface area contributed by atoms with Gasteiger partial charge >= 0.3 is 0 Å². The Morgan fingerprint density at radius 1 is 1.70 bits per heavy atom. The highest BCUT2D eigenvalue weighted by Gasteiger charge is 2.06. The first-order chi connectivity index (χ1) is 4.70. The third-order valence-corrected chi connectivity index (χ3v) is 1.82. The molecule has 10 heavy (non-hydrogen) atoms. The van der Waals surface area contributed by atoms with Crippen LogP contribution >= 0.6 is 15.9 Å². The molecule has 1 heterocycles. The quantitative estimate of drug-likeness (QED) is 0.636. The van der Waals surface area contributed by atoms with Gasteiger partial charge in [0.2, 0.25) is 0 Å². The van der Waals surface area contributed by atoms with Crippen LogP contribution in [0, 0.1) is 0 Å². The summed E-state index contributed by atoms with van der Waals surface area (Å²) in [6, 6.07) is 0.532. The number of aliphatic imine (C=N–C) groups is 1. The minimum absolute atomic E-state index is 0.532. The van der Waals surface area contributed by atoms with Crippen molar-refractivity contribution in [2.75, 3.05) is 6.67 Å². The second-order valence-corrected chi connectivity index (χ2v) is 3.49. The minimum Gasteiger partial charge on any atom is -0.355 e. The first-order valence-electron chi connectivity index (χ1n) is 3.33. The summed E-state index contributed by atoms with van der Waals surface area (Å²) >= 11 is 3.37. The van der Waals surface area contributed by atoms with Crippen molar-refractivity contribution in [1.29, 1.82) is 0 Å². The second-order valence-electron chi connectivity index (χ2n) is 2.58. The van der Waals surface area contributed by atoms with E-state index in [9.17, 15) is 0 Å². The van der Waals surface area contributed by atoms with Crippen molar-refractivity contribution in [1.82, 2.24) is 4.90 Å². The molecular weight excluding hydrogens is 192 g/mol. The van der Waals surface area contributed by atoms with Crippen LogP contribution in [-0.4, -0.2) is 23.8 Å². The zero-order valence-electron chi connectivity index (χ0n) is 6.21. The van der Waals surface area contributed by atoms with E-state index in [2.05, 4.69) is 45.9 Å². The second kappa shape index (κ2) is 3.19. The number of hydrogen-bond acceptors (Lipinski definition) is 2. The van der Waals surface area contributed by atoms with E-state index in [0.29, 0.717) is 6.04 Å². The maximum Gasteiger partial charge on any atom is 0.110 e. The van der Waals surface area contributed by atoms with Crippen LogP contribution in [0.15, 0.2) is 15.7 Å². The van der Waals surface area contributed by atoms with Crippen LogP contribution in [0.5, 0.6) is 0 Å². The molecule has 0 saturated carbocycles. The van der Waals surface area contributed by atoms with Gasteiger partial charge in [0.15, 0.2) is 0 Å². The summed E-state index contributed by atoms with van der Waals surface area (Å²) in [5, 5.41) is 0. The molecule has 0 N–H and O–H groups in total. The van der Waals surface area contributed by atoms with Gasteiger partial charge in [-0.25, -0.2) is 0 Å². The topological polar surface area (TPSA) is 15.6 Å². The van der Waals surface area contributed by atoms with Crippen molar-refractivity contribution < 1.29 is 0 Å². The Hall–Kier alpha value is -0.310. The number of nitrogens with zero attached hydrogens (tertiary/aromatic N) is 2. The van der Waals surface area contributed by atoms with Crippen LogP contribution in [0.1, 0.15) is 13.8 Å². The maximum atomic E-state index is 4.15. The monoisotopic (exact) mass is 202 g/mol. The van der Waals surface area contributed by atoms with Gasteiger partial charge in [-0.15, -0.1) is 0 Å². The van der Waals surface area contributed by atoms with E-state index >= 15 is 0 Å². The zero-order chi connectivity index (χ0) is 7.56. The molecule has 3 heteroatoms. The van der Waals surface area contributed by atoms with Crippen LogP contribution in [0.4, 0.5) is 0 Å². The largest absolute Gasteiger partial charge is 0.355 e. The summed E-state index contributed by atoms with van der Waals surface area (Å²) in [6.07, 6.45) is 3.90. The van der Waals surface area contributed by atoms with Crippen LogP contribution in [0.25, 0.3) is 0 Å². The minimum atomic E-state index is 0.532. The number of hydrogen-bond donors (Lipinski definition) is 0. The smallest absolute Gasteiger partial charge is 0.110 e. The molecule has 1 aliphatic rings. The molecule has 0 unspecified atom stereocenters. The summed E-state index contributed by atoms with van der Waals surface area (Å²) in [7, 11) is 0. The molecule has 0 atom stereocenters. The fraction of sp³-hybridized carbons (Fsp3) is 0.571. The Balaban J connectivity index is 2.60. The predicted octanol–water partition coefficient (Wildman–Crippen LogP) is 1.97. The van der Waals surface area contributed by atoms with E-state index in [4.69, 9.17) is 0 Å². The Kier molecular flexibility index (Phi) is 2.49. The number of rotatable bonds is 1. The molecule has 0 spiro atoms. The lowest BCUT2D eigenvalue weighted by Gasteiger charge is -2.24. The molecule has 2 nitrogen and oxygen atoms in total. The third kappa shape index (κ3) is 1.84. The van der Waals surface area contributed by atoms with Crippen molar-refractivity contribution in [3.63, 3.8) is 0 Å². The van der Waals surface area contributed by atoms with Gasteiger partial charge in [-0.3, -0.25) is 4.99 Å². The zero-order valence-corrected chi connectivity index (χ0v) is 7.80. The van der Waals surface area contributed by atoms with E-state index in [1.807, 2.05) is 6.21 Å². The maximum absolute atomic E-state index is 4.15. The van der Waals surface area contributed by atoms with Crippen LogP contribution in [0.3, 0.4) is 0 Å². The molecular formula is C7H11BrN2. The summed E-state index contributed by atoms with van der Waals surface area (Å²) in [4.78, 5) is 6.32. The van der Waals surface area contributed by atoms with Crippen LogP contribution < -0.4 is 0 Å². The van der Waals surface area contributed by atoms with Gasteiger partial charge in [-0.1, -0.05) is 0 Å². The molecule has 0 bridgehead atoms. The Labute approximate surface area is 69.8 Å². The molecule has 0 amide bonds. The molecule has 1 rings (SSSR count). The normalized spacial score (nSPS) is 18.0. The summed E-state index contributed by atoms with van der Waals surface area (Å²) < 4.78 is 1.05.